The Bertz CT molecular complexity index is 397. The molecule has 2 aliphatic rings. The summed E-state index contributed by atoms with van der Waals surface area (Å²) >= 11 is 0. The van der Waals surface area contributed by atoms with Gasteiger partial charge in [0.15, 0.2) is 0 Å². The van der Waals surface area contributed by atoms with Crippen molar-refractivity contribution >= 4 is 0 Å². The summed E-state index contributed by atoms with van der Waals surface area (Å²) in [6.07, 6.45) is 12.4. The van der Waals surface area contributed by atoms with Crippen LogP contribution in [0.1, 0.15) is 57.6 Å². The Labute approximate surface area is 128 Å². The quantitative estimate of drug-likeness (QED) is 0.871. The molecule has 1 aromatic heterocycles. The zero-order valence-electron chi connectivity index (χ0n) is 13.3. The Morgan fingerprint density at radius 1 is 1.24 bits per heavy atom. The third-order valence-corrected chi connectivity index (χ3v) is 5.27. The molecule has 2 N–H and O–H groups in total. The van der Waals surface area contributed by atoms with Crippen molar-refractivity contribution in [1.82, 2.24) is 10.6 Å². The molecule has 4 unspecified atom stereocenters. The first-order chi connectivity index (χ1) is 10.3. The fraction of sp³-hybridized carbons (Fsp3) is 0.778. The number of piperidine rings is 1. The standard InChI is InChI=1S/C18H30N2O/c1-14(13-15-7-6-12-21-15)20-18-10-3-2-8-16(18)17-9-4-5-11-19-17/h6-7,12,14,16-20H,2-5,8-11,13H2,1H3. The summed E-state index contributed by atoms with van der Waals surface area (Å²) in [6.45, 7) is 3.51. The summed E-state index contributed by atoms with van der Waals surface area (Å²) in [5.74, 6) is 1.91. The lowest BCUT2D eigenvalue weighted by Crippen LogP contribution is -2.52. The highest BCUT2D eigenvalue weighted by molar-refractivity contribution is 5.01. The monoisotopic (exact) mass is 290 g/mol. The SMILES string of the molecule is CC(Cc1ccco1)NC1CCCCC1C1CCCCN1. The van der Waals surface area contributed by atoms with E-state index < -0.39 is 0 Å². The van der Waals surface area contributed by atoms with Gasteiger partial charge in [-0.25, -0.2) is 0 Å². The number of furan rings is 1. The number of hydrogen-bond donors (Lipinski definition) is 2. The van der Waals surface area contributed by atoms with Crippen molar-refractivity contribution in [3.05, 3.63) is 24.2 Å². The maximum Gasteiger partial charge on any atom is 0.105 e. The first-order valence-electron chi connectivity index (χ1n) is 8.85. The van der Waals surface area contributed by atoms with E-state index in [4.69, 9.17) is 4.42 Å². The summed E-state index contributed by atoms with van der Waals surface area (Å²) in [4.78, 5) is 0. The lowest BCUT2D eigenvalue weighted by atomic mass is 9.77. The summed E-state index contributed by atoms with van der Waals surface area (Å²) in [5, 5.41) is 7.68. The van der Waals surface area contributed by atoms with E-state index in [1.54, 1.807) is 6.26 Å². The minimum Gasteiger partial charge on any atom is -0.469 e. The minimum atomic E-state index is 0.491. The Kier molecular flexibility index (Phi) is 5.37. The van der Waals surface area contributed by atoms with Gasteiger partial charge in [-0.1, -0.05) is 19.3 Å². The van der Waals surface area contributed by atoms with Crippen LogP contribution in [0.2, 0.25) is 0 Å². The van der Waals surface area contributed by atoms with Crippen LogP contribution in [0, 0.1) is 5.92 Å². The van der Waals surface area contributed by atoms with Gasteiger partial charge in [-0.2, -0.15) is 0 Å². The number of rotatable bonds is 5. The van der Waals surface area contributed by atoms with Gasteiger partial charge in [0.05, 0.1) is 6.26 Å². The Balaban J connectivity index is 1.55. The molecule has 4 atom stereocenters. The molecule has 0 amide bonds. The van der Waals surface area contributed by atoms with Gasteiger partial charge in [-0.15, -0.1) is 0 Å². The highest BCUT2D eigenvalue weighted by Crippen LogP contribution is 2.30. The van der Waals surface area contributed by atoms with Crippen LogP contribution >= 0.6 is 0 Å². The van der Waals surface area contributed by atoms with E-state index in [1.165, 1.54) is 51.5 Å². The zero-order valence-corrected chi connectivity index (χ0v) is 13.3. The van der Waals surface area contributed by atoms with Crippen molar-refractivity contribution in [1.29, 1.82) is 0 Å². The third kappa shape index (κ3) is 4.10. The molecule has 2 heterocycles. The van der Waals surface area contributed by atoms with Crippen molar-refractivity contribution in [2.75, 3.05) is 6.54 Å². The van der Waals surface area contributed by atoms with E-state index in [-0.39, 0.29) is 0 Å². The van der Waals surface area contributed by atoms with Gasteiger partial charge in [-0.05, 0) is 57.2 Å². The van der Waals surface area contributed by atoms with E-state index >= 15 is 0 Å². The van der Waals surface area contributed by atoms with Crippen LogP contribution in [0.4, 0.5) is 0 Å². The van der Waals surface area contributed by atoms with Crippen molar-refractivity contribution in [3.63, 3.8) is 0 Å². The maximum atomic E-state index is 5.48. The molecule has 21 heavy (non-hydrogen) atoms. The largest absolute Gasteiger partial charge is 0.469 e. The molecule has 1 saturated carbocycles. The maximum absolute atomic E-state index is 5.48. The summed E-state index contributed by atoms with van der Waals surface area (Å²) in [7, 11) is 0. The molecule has 0 aromatic carbocycles. The van der Waals surface area contributed by atoms with Crippen LogP contribution in [0.15, 0.2) is 22.8 Å². The predicted octanol–water partition coefficient (Wildman–Crippen LogP) is 3.50. The van der Waals surface area contributed by atoms with Gasteiger partial charge >= 0.3 is 0 Å². The summed E-state index contributed by atoms with van der Waals surface area (Å²) in [6, 6.07) is 5.98. The molecular formula is C18H30N2O. The fourth-order valence-electron chi connectivity index (χ4n) is 4.25. The van der Waals surface area contributed by atoms with E-state index in [2.05, 4.69) is 23.6 Å². The predicted molar refractivity (Wildman–Crippen MR) is 86.4 cm³/mol. The first kappa shape index (κ1) is 15.1. The van der Waals surface area contributed by atoms with Gasteiger partial charge in [0, 0.05) is 24.5 Å². The third-order valence-electron chi connectivity index (χ3n) is 5.27. The Morgan fingerprint density at radius 2 is 2.10 bits per heavy atom. The van der Waals surface area contributed by atoms with Crippen molar-refractivity contribution in [2.45, 2.75) is 76.4 Å². The topological polar surface area (TPSA) is 37.2 Å². The Morgan fingerprint density at radius 3 is 2.86 bits per heavy atom. The zero-order chi connectivity index (χ0) is 14.5. The molecular weight excluding hydrogens is 260 g/mol. The number of nitrogens with one attached hydrogen (secondary N) is 2. The van der Waals surface area contributed by atoms with Gasteiger partial charge in [0.2, 0.25) is 0 Å². The van der Waals surface area contributed by atoms with Crippen LogP contribution in [0.3, 0.4) is 0 Å². The van der Waals surface area contributed by atoms with Gasteiger partial charge in [0.25, 0.3) is 0 Å². The molecule has 1 aliphatic carbocycles. The molecule has 3 nitrogen and oxygen atoms in total. The average molecular weight is 290 g/mol. The van der Waals surface area contributed by atoms with E-state index in [0.717, 1.165) is 24.1 Å². The molecule has 3 heteroatoms. The molecule has 1 saturated heterocycles. The fourth-order valence-corrected chi connectivity index (χ4v) is 4.25. The summed E-state index contributed by atoms with van der Waals surface area (Å²) in [5.41, 5.74) is 0. The van der Waals surface area contributed by atoms with Crippen molar-refractivity contribution in [2.24, 2.45) is 5.92 Å². The second-order valence-electron chi connectivity index (χ2n) is 6.96. The smallest absolute Gasteiger partial charge is 0.105 e. The lowest BCUT2D eigenvalue weighted by Gasteiger charge is -2.41. The van der Waals surface area contributed by atoms with Gasteiger partial charge in [-0.3, -0.25) is 0 Å². The van der Waals surface area contributed by atoms with Crippen LogP contribution in [-0.2, 0) is 6.42 Å². The second-order valence-corrected chi connectivity index (χ2v) is 6.96. The highest BCUT2D eigenvalue weighted by atomic mass is 16.3. The molecule has 0 bridgehead atoms. The van der Waals surface area contributed by atoms with Gasteiger partial charge in [0.1, 0.15) is 5.76 Å². The molecule has 3 rings (SSSR count). The molecule has 2 fully saturated rings. The Hall–Kier alpha value is -0.800. The van der Waals surface area contributed by atoms with Crippen molar-refractivity contribution in [3.8, 4) is 0 Å². The molecule has 0 radical (unpaired) electrons. The van der Waals surface area contributed by atoms with Crippen LogP contribution in [0.25, 0.3) is 0 Å². The van der Waals surface area contributed by atoms with Crippen LogP contribution in [-0.4, -0.2) is 24.7 Å². The molecule has 1 aliphatic heterocycles. The molecule has 1 aromatic rings. The van der Waals surface area contributed by atoms with E-state index in [0.29, 0.717) is 12.1 Å². The molecule has 118 valence electrons. The van der Waals surface area contributed by atoms with Crippen LogP contribution in [0.5, 0.6) is 0 Å². The van der Waals surface area contributed by atoms with E-state index in [1.807, 2.05) is 6.07 Å². The molecule has 0 spiro atoms. The summed E-state index contributed by atoms with van der Waals surface area (Å²) < 4.78 is 5.48. The van der Waals surface area contributed by atoms with Gasteiger partial charge < -0.3 is 15.1 Å². The average Bonchev–Trinajstić information content (AvgIpc) is 3.01. The highest BCUT2D eigenvalue weighted by Gasteiger charge is 2.32. The minimum absolute atomic E-state index is 0.491. The van der Waals surface area contributed by atoms with Crippen molar-refractivity contribution < 1.29 is 4.42 Å². The van der Waals surface area contributed by atoms with Crippen LogP contribution < -0.4 is 10.6 Å². The van der Waals surface area contributed by atoms with E-state index in [9.17, 15) is 0 Å². The first-order valence-corrected chi connectivity index (χ1v) is 8.85. The second kappa shape index (κ2) is 7.46. The normalized spacial score (nSPS) is 32.0. The number of hydrogen-bond acceptors (Lipinski definition) is 3. The lowest BCUT2D eigenvalue weighted by molar-refractivity contribution is 0.172.